The molecule has 1 aliphatic rings. The van der Waals surface area contributed by atoms with Crippen LogP contribution in [-0.4, -0.2) is 46.5 Å². The van der Waals surface area contributed by atoms with Crippen LogP contribution in [0.3, 0.4) is 0 Å². The molecule has 0 radical (unpaired) electrons. The minimum absolute atomic E-state index is 0.222. The van der Waals surface area contributed by atoms with Crippen LogP contribution in [-0.2, 0) is 10.0 Å². The van der Waals surface area contributed by atoms with Crippen molar-refractivity contribution in [2.24, 2.45) is 5.92 Å². The molecule has 1 atom stereocenters. The van der Waals surface area contributed by atoms with Crippen molar-refractivity contribution in [3.05, 3.63) is 22.7 Å². The van der Waals surface area contributed by atoms with E-state index in [1.54, 1.807) is 22.5 Å². The van der Waals surface area contributed by atoms with Crippen molar-refractivity contribution in [1.29, 1.82) is 0 Å². The van der Waals surface area contributed by atoms with E-state index in [1.807, 2.05) is 7.05 Å². The predicted octanol–water partition coefficient (Wildman–Crippen LogP) is 1.69. The Bertz CT molecular complexity index is 577. The van der Waals surface area contributed by atoms with Crippen LogP contribution in [0.25, 0.3) is 0 Å². The Labute approximate surface area is 128 Å². The van der Waals surface area contributed by atoms with E-state index in [4.69, 9.17) is 4.74 Å². The van der Waals surface area contributed by atoms with Crippen molar-refractivity contribution in [2.75, 3.05) is 33.8 Å². The average molecular weight is 363 g/mol. The Morgan fingerprint density at radius 2 is 2.25 bits per heavy atom. The van der Waals surface area contributed by atoms with Gasteiger partial charge < -0.3 is 10.1 Å². The van der Waals surface area contributed by atoms with Gasteiger partial charge in [-0.25, -0.2) is 8.42 Å². The second kappa shape index (κ2) is 6.43. The molecule has 0 spiro atoms. The highest BCUT2D eigenvalue weighted by Gasteiger charge is 2.34. The first-order valence-electron chi connectivity index (χ1n) is 6.47. The summed E-state index contributed by atoms with van der Waals surface area (Å²) in [5, 5.41) is 3.10. The number of benzene rings is 1. The first-order chi connectivity index (χ1) is 9.48. The molecule has 2 rings (SSSR count). The van der Waals surface area contributed by atoms with Crippen molar-refractivity contribution >= 4 is 26.0 Å². The van der Waals surface area contributed by atoms with Gasteiger partial charge in [-0.1, -0.05) is 15.9 Å². The first-order valence-corrected chi connectivity index (χ1v) is 8.70. The molecule has 1 fully saturated rings. The predicted molar refractivity (Wildman–Crippen MR) is 81.5 cm³/mol. The van der Waals surface area contributed by atoms with Gasteiger partial charge in [0, 0.05) is 17.6 Å². The molecule has 5 nitrogen and oxygen atoms in total. The standard InChI is InChI=1S/C13H19BrN2O3S/c1-15-8-10-5-6-16(9-10)20(17,18)13-7-11(14)3-4-12(13)19-2/h3-4,7,10,15H,5-6,8-9H2,1-2H3. The lowest BCUT2D eigenvalue weighted by Gasteiger charge is -2.18. The number of ether oxygens (including phenoxy) is 1. The van der Waals surface area contributed by atoms with Crippen molar-refractivity contribution in [1.82, 2.24) is 9.62 Å². The summed E-state index contributed by atoms with van der Waals surface area (Å²) in [6.07, 6.45) is 0.885. The van der Waals surface area contributed by atoms with Crippen LogP contribution in [0.4, 0.5) is 0 Å². The number of methoxy groups -OCH3 is 1. The third kappa shape index (κ3) is 3.16. The van der Waals surface area contributed by atoms with Gasteiger partial charge in [0.2, 0.25) is 10.0 Å². The zero-order chi connectivity index (χ0) is 14.8. The lowest BCUT2D eigenvalue weighted by Crippen LogP contribution is -2.30. The molecule has 1 N–H and O–H groups in total. The van der Waals surface area contributed by atoms with Crippen LogP contribution in [0, 0.1) is 5.92 Å². The molecular weight excluding hydrogens is 344 g/mol. The molecular formula is C13H19BrN2O3S. The molecule has 20 heavy (non-hydrogen) atoms. The number of sulfonamides is 1. The Kier molecular flexibility index (Phi) is 5.06. The van der Waals surface area contributed by atoms with Gasteiger partial charge in [-0.15, -0.1) is 0 Å². The molecule has 0 aliphatic carbocycles. The molecule has 0 amide bonds. The fourth-order valence-electron chi connectivity index (χ4n) is 2.46. The number of halogens is 1. The summed E-state index contributed by atoms with van der Waals surface area (Å²) in [4.78, 5) is 0.222. The fourth-order valence-corrected chi connectivity index (χ4v) is 4.69. The maximum Gasteiger partial charge on any atom is 0.246 e. The van der Waals surface area contributed by atoms with Gasteiger partial charge in [0.1, 0.15) is 10.6 Å². The van der Waals surface area contributed by atoms with Crippen LogP contribution in [0.15, 0.2) is 27.6 Å². The Balaban J connectivity index is 2.29. The number of rotatable bonds is 5. The zero-order valence-corrected chi connectivity index (χ0v) is 14.0. The molecule has 1 aromatic carbocycles. The summed E-state index contributed by atoms with van der Waals surface area (Å²) in [6, 6.07) is 5.03. The molecule has 1 saturated heterocycles. The van der Waals surface area contributed by atoms with E-state index in [0.29, 0.717) is 24.8 Å². The first kappa shape index (κ1) is 15.8. The number of nitrogens with zero attached hydrogens (tertiary/aromatic N) is 1. The summed E-state index contributed by atoms with van der Waals surface area (Å²) >= 11 is 3.31. The molecule has 1 aromatic rings. The van der Waals surface area contributed by atoms with Crippen molar-refractivity contribution < 1.29 is 13.2 Å². The fraction of sp³-hybridized carbons (Fsp3) is 0.538. The van der Waals surface area contributed by atoms with Gasteiger partial charge in [-0.05, 0) is 44.1 Å². The largest absolute Gasteiger partial charge is 0.495 e. The molecule has 0 aromatic heterocycles. The van der Waals surface area contributed by atoms with E-state index < -0.39 is 10.0 Å². The molecule has 112 valence electrons. The highest BCUT2D eigenvalue weighted by atomic mass is 79.9. The van der Waals surface area contributed by atoms with E-state index in [-0.39, 0.29) is 4.90 Å². The molecule has 1 unspecified atom stereocenters. The summed E-state index contributed by atoms with van der Waals surface area (Å²) in [7, 11) is -0.139. The molecule has 1 heterocycles. The van der Waals surface area contributed by atoms with E-state index in [0.717, 1.165) is 17.4 Å². The summed E-state index contributed by atoms with van der Waals surface area (Å²) in [5.41, 5.74) is 0. The third-order valence-corrected chi connectivity index (χ3v) is 5.86. The molecule has 0 bridgehead atoms. The smallest absolute Gasteiger partial charge is 0.246 e. The van der Waals surface area contributed by atoms with Crippen LogP contribution < -0.4 is 10.1 Å². The van der Waals surface area contributed by atoms with Crippen LogP contribution >= 0.6 is 15.9 Å². The van der Waals surface area contributed by atoms with E-state index in [2.05, 4.69) is 21.2 Å². The highest BCUT2D eigenvalue weighted by Crippen LogP contribution is 2.32. The summed E-state index contributed by atoms with van der Waals surface area (Å²) in [5.74, 6) is 0.748. The van der Waals surface area contributed by atoms with Crippen molar-refractivity contribution in [2.45, 2.75) is 11.3 Å². The third-order valence-electron chi connectivity index (χ3n) is 3.48. The van der Waals surface area contributed by atoms with Gasteiger partial charge in [-0.2, -0.15) is 4.31 Å². The monoisotopic (exact) mass is 362 g/mol. The number of hydrogen-bond donors (Lipinski definition) is 1. The topological polar surface area (TPSA) is 58.6 Å². The Morgan fingerprint density at radius 3 is 2.90 bits per heavy atom. The SMILES string of the molecule is CNCC1CCN(S(=O)(=O)c2cc(Br)ccc2OC)C1. The maximum atomic E-state index is 12.7. The van der Waals surface area contributed by atoms with E-state index in [9.17, 15) is 8.42 Å². The second-order valence-electron chi connectivity index (χ2n) is 4.87. The van der Waals surface area contributed by atoms with Gasteiger partial charge in [0.25, 0.3) is 0 Å². The lowest BCUT2D eigenvalue weighted by atomic mass is 10.1. The zero-order valence-electron chi connectivity index (χ0n) is 11.6. The summed E-state index contributed by atoms with van der Waals surface area (Å²) in [6.45, 7) is 1.95. The second-order valence-corrected chi connectivity index (χ2v) is 7.69. The van der Waals surface area contributed by atoms with Gasteiger partial charge in [0.05, 0.1) is 7.11 Å². The van der Waals surface area contributed by atoms with E-state index >= 15 is 0 Å². The van der Waals surface area contributed by atoms with Gasteiger partial charge >= 0.3 is 0 Å². The normalized spacial score (nSPS) is 20.2. The minimum Gasteiger partial charge on any atom is -0.495 e. The lowest BCUT2D eigenvalue weighted by molar-refractivity contribution is 0.397. The van der Waals surface area contributed by atoms with Crippen LogP contribution in [0.5, 0.6) is 5.75 Å². The molecule has 0 saturated carbocycles. The summed E-state index contributed by atoms with van der Waals surface area (Å²) < 4.78 is 32.9. The Morgan fingerprint density at radius 1 is 1.50 bits per heavy atom. The highest BCUT2D eigenvalue weighted by molar-refractivity contribution is 9.10. The van der Waals surface area contributed by atoms with E-state index in [1.165, 1.54) is 7.11 Å². The number of hydrogen-bond acceptors (Lipinski definition) is 4. The quantitative estimate of drug-likeness (QED) is 0.865. The molecule has 7 heteroatoms. The van der Waals surface area contributed by atoms with Crippen LogP contribution in [0.1, 0.15) is 6.42 Å². The minimum atomic E-state index is -3.50. The Hall–Kier alpha value is -0.630. The molecule has 1 aliphatic heterocycles. The average Bonchev–Trinajstić information content (AvgIpc) is 2.88. The van der Waals surface area contributed by atoms with Gasteiger partial charge in [-0.3, -0.25) is 0 Å². The van der Waals surface area contributed by atoms with Crippen molar-refractivity contribution in [3.8, 4) is 5.75 Å². The van der Waals surface area contributed by atoms with Crippen molar-refractivity contribution in [3.63, 3.8) is 0 Å². The maximum absolute atomic E-state index is 12.7. The van der Waals surface area contributed by atoms with Gasteiger partial charge in [0.15, 0.2) is 0 Å². The number of nitrogens with one attached hydrogen (secondary N) is 1. The van der Waals surface area contributed by atoms with Crippen LogP contribution in [0.2, 0.25) is 0 Å².